The van der Waals surface area contributed by atoms with Crippen LogP contribution in [0, 0.1) is 0 Å². The molecule has 6 nitrogen and oxygen atoms in total. The number of carbonyl (C=O) groups excluding carboxylic acids is 1. The predicted molar refractivity (Wildman–Crippen MR) is 63.4 cm³/mol. The Bertz CT molecular complexity index is 446. The fourth-order valence-corrected chi connectivity index (χ4v) is 2.18. The third-order valence-corrected chi connectivity index (χ3v) is 3.06. The molecule has 0 saturated heterocycles. The molecule has 1 heterocycles. The van der Waals surface area contributed by atoms with Crippen molar-refractivity contribution in [3.63, 3.8) is 0 Å². The molecule has 1 N–H and O–H groups in total. The third kappa shape index (κ3) is 3.77. The van der Waals surface area contributed by atoms with Gasteiger partial charge < -0.3 is 14.5 Å². The second-order valence-corrected chi connectivity index (χ2v) is 4.71. The van der Waals surface area contributed by atoms with E-state index in [2.05, 4.69) is 14.7 Å². The molecule has 0 radical (unpaired) electrons. The highest BCUT2D eigenvalue weighted by Crippen LogP contribution is 2.28. The highest BCUT2D eigenvalue weighted by Gasteiger charge is 2.16. The second-order valence-electron chi connectivity index (χ2n) is 3.28. The van der Waals surface area contributed by atoms with Gasteiger partial charge >= 0.3 is 5.97 Å². The average molecular weight is 258 g/mol. The molecule has 0 aliphatic carbocycles. The van der Waals surface area contributed by atoms with Gasteiger partial charge in [-0.3, -0.25) is 9.59 Å². The summed E-state index contributed by atoms with van der Waals surface area (Å²) in [5, 5.41) is 0.415. The molecule has 0 amide bonds. The zero-order valence-electron chi connectivity index (χ0n) is 9.85. The van der Waals surface area contributed by atoms with E-state index in [4.69, 9.17) is 4.74 Å². The predicted octanol–water partition coefficient (Wildman–Crippen LogP) is 0.822. The number of carbonyl (C=O) groups is 1. The minimum absolute atomic E-state index is 0.0503. The fraction of sp³-hybridized carbons (Fsp3) is 0.500. The average Bonchev–Trinajstić information content (AvgIpc) is 2.29. The summed E-state index contributed by atoms with van der Waals surface area (Å²) in [6.07, 6.45) is 1.55. The Balaban J connectivity index is 2.78. The minimum Gasteiger partial charge on any atom is -0.489 e. The van der Waals surface area contributed by atoms with Crippen LogP contribution < -0.4 is 10.3 Å². The standard InChI is InChI=1S/C10H14N2O4S/c1-6(4-7(13)15-2)17-10-8(16-3)9(14)11-5-12-10/h5-6H,4H2,1-3H3,(H,11,12,14). The molecule has 1 rings (SSSR count). The zero-order chi connectivity index (χ0) is 12.8. The number of nitrogens with zero attached hydrogens (tertiary/aromatic N) is 1. The molecule has 1 aromatic rings. The molecule has 94 valence electrons. The number of H-pyrrole nitrogens is 1. The van der Waals surface area contributed by atoms with Gasteiger partial charge in [-0.2, -0.15) is 0 Å². The van der Waals surface area contributed by atoms with E-state index in [0.29, 0.717) is 5.03 Å². The number of hydrogen-bond acceptors (Lipinski definition) is 6. The Morgan fingerprint density at radius 1 is 1.59 bits per heavy atom. The van der Waals surface area contributed by atoms with Gasteiger partial charge in [-0.25, -0.2) is 4.98 Å². The lowest BCUT2D eigenvalue weighted by molar-refractivity contribution is -0.140. The van der Waals surface area contributed by atoms with Crippen molar-refractivity contribution in [2.75, 3.05) is 14.2 Å². The first kappa shape index (κ1) is 13.6. The summed E-state index contributed by atoms with van der Waals surface area (Å²) in [7, 11) is 2.74. The molecule has 0 fully saturated rings. The molecule has 0 saturated carbocycles. The molecule has 7 heteroatoms. The summed E-state index contributed by atoms with van der Waals surface area (Å²) in [6.45, 7) is 1.85. The molecule has 0 aromatic carbocycles. The van der Waals surface area contributed by atoms with Crippen LogP contribution in [0.2, 0.25) is 0 Å². The molecule has 1 aromatic heterocycles. The van der Waals surface area contributed by atoms with E-state index in [1.807, 2.05) is 6.92 Å². The van der Waals surface area contributed by atoms with Crippen molar-refractivity contribution in [3.8, 4) is 5.75 Å². The maximum absolute atomic E-state index is 11.4. The summed E-state index contributed by atoms with van der Waals surface area (Å²) >= 11 is 1.30. The smallest absolute Gasteiger partial charge is 0.306 e. The first-order chi connectivity index (χ1) is 8.08. The quantitative estimate of drug-likeness (QED) is 0.478. The Kier molecular flexibility index (Phi) is 5.02. The van der Waals surface area contributed by atoms with Gasteiger partial charge in [0.05, 0.1) is 27.0 Å². The lowest BCUT2D eigenvalue weighted by atomic mass is 10.3. The maximum atomic E-state index is 11.4. The van der Waals surface area contributed by atoms with Crippen molar-refractivity contribution in [3.05, 3.63) is 16.7 Å². The van der Waals surface area contributed by atoms with Gasteiger partial charge in [0, 0.05) is 5.25 Å². The van der Waals surface area contributed by atoms with E-state index < -0.39 is 0 Å². The van der Waals surface area contributed by atoms with Crippen LogP contribution in [0.3, 0.4) is 0 Å². The van der Waals surface area contributed by atoms with Crippen LogP contribution in [0.5, 0.6) is 5.75 Å². The van der Waals surface area contributed by atoms with E-state index in [1.165, 1.54) is 32.3 Å². The molecule has 1 unspecified atom stereocenters. The third-order valence-electron chi connectivity index (χ3n) is 1.98. The van der Waals surface area contributed by atoms with Crippen molar-refractivity contribution >= 4 is 17.7 Å². The Morgan fingerprint density at radius 3 is 2.88 bits per heavy atom. The molecular weight excluding hydrogens is 244 g/mol. The van der Waals surface area contributed by atoms with Crippen LogP contribution in [0.4, 0.5) is 0 Å². The van der Waals surface area contributed by atoms with Crippen LogP contribution >= 0.6 is 11.8 Å². The van der Waals surface area contributed by atoms with E-state index in [-0.39, 0.29) is 28.9 Å². The largest absolute Gasteiger partial charge is 0.489 e. The minimum atomic E-state index is -0.338. The van der Waals surface area contributed by atoms with Gasteiger partial charge in [-0.15, -0.1) is 0 Å². The second kappa shape index (κ2) is 6.29. The van der Waals surface area contributed by atoms with E-state index in [9.17, 15) is 9.59 Å². The lowest BCUT2D eigenvalue weighted by Crippen LogP contribution is -2.13. The fourth-order valence-electron chi connectivity index (χ4n) is 1.19. The topological polar surface area (TPSA) is 81.3 Å². The molecule has 1 atom stereocenters. The number of esters is 1. The number of aromatic amines is 1. The number of ether oxygens (including phenoxy) is 2. The monoisotopic (exact) mass is 258 g/mol. The summed E-state index contributed by atoms with van der Waals surface area (Å²) in [5.41, 5.74) is -0.338. The number of aromatic nitrogens is 2. The zero-order valence-corrected chi connectivity index (χ0v) is 10.7. The summed E-state index contributed by atoms with van der Waals surface area (Å²) in [5.74, 6) is -0.136. The number of rotatable bonds is 5. The van der Waals surface area contributed by atoms with E-state index >= 15 is 0 Å². The van der Waals surface area contributed by atoms with Gasteiger partial charge in [-0.05, 0) is 0 Å². The van der Waals surface area contributed by atoms with Crippen molar-refractivity contribution in [2.24, 2.45) is 0 Å². The van der Waals surface area contributed by atoms with Gasteiger partial charge in [-0.1, -0.05) is 18.7 Å². The Morgan fingerprint density at radius 2 is 2.29 bits per heavy atom. The number of thioether (sulfide) groups is 1. The molecule has 0 aliphatic heterocycles. The summed E-state index contributed by atoms with van der Waals surface area (Å²) < 4.78 is 9.53. The van der Waals surface area contributed by atoms with Gasteiger partial charge in [0.25, 0.3) is 5.56 Å². The molecule has 0 bridgehead atoms. The van der Waals surface area contributed by atoms with Gasteiger partial charge in [0.2, 0.25) is 5.75 Å². The van der Waals surface area contributed by atoms with Crippen molar-refractivity contribution in [1.29, 1.82) is 0 Å². The number of nitrogens with one attached hydrogen (secondary N) is 1. The maximum Gasteiger partial charge on any atom is 0.306 e. The Hall–Kier alpha value is -1.50. The summed E-state index contributed by atoms with van der Waals surface area (Å²) in [4.78, 5) is 28.9. The van der Waals surface area contributed by atoms with E-state index in [0.717, 1.165) is 0 Å². The number of methoxy groups -OCH3 is 2. The normalized spacial score (nSPS) is 11.9. The number of hydrogen-bond donors (Lipinski definition) is 1. The molecule has 0 aliphatic rings. The molecular formula is C10H14N2O4S. The van der Waals surface area contributed by atoms with Gasteiger partial charge in [0.15, 0.2) is 0 Å². The first-order valence-electron chi connectivity index (χ1n) is 4.93. The lowest BCUT2D eigenvalue weighted by Gasteiger charge is -2.10. The highest BCUT2D eigenvalue weighted by atomic mass is 32.2. The van der Waals surface area contributed by atoms with Crippen LogP contribution in [0.1, 0.15) is 13.3 Å². The highest BCUT2D eigenvalue weighted by molar-refractivity contribution is 8.00. The van der Waals surface area contributed by atoms with Crippen molar-refractivity contribution in [1.82, 2.24) is 9.97 Å². The van der Waals surface area contributed by atoms with E-state index in [1.54, 1.807) is 0 Å². The first-order valence-corrected chi connectivity index (χ1v) is 5.81. The summed E-state index contributed by atoms with van der Waals surface area (Å²) in [6, 6.07) is 0. The van der Waals surface area contributed by atoms with Crippen LogP contribution in [-0.2, 0) is 9.53 Å². The molecule has 17 heavy (non-hydrogen) atoms. The van der Waals surface area contributed by atoms with Crippen LogP contribution in [0.25, 0.3) is 0 Å². The van der Waals surface area contributed by atoms with Gasteiger partial charge in [0.1, 0.15) is 5.03 Å². The SMILES string of the molecule is COC(=O)CC(C)Sc1nc[nH]c(=O)c1OC. The van der Waals surface area contributed by atoms with Crippen LogP contribution in [0.15, 0.2) is 16.1 Å². The van der Waals surface area contributed by atoms with Crippen molar-refractivity contribution in [2.45, 2.75) is 23.6 Å². The van der Waals surface area contributed by atoms with Crippen molar-refractivity contribution < 1.29 is 14.3 Å². The van der Waals surface area contributed by atoms with Crippen LogP contribution in [-0.4, -0.2) is 35.4 Å². The molecule has 0 spiro atoms. The Labute approximate surface area is 103 Å².